The highest BCUT2D eigenvalue weighted by atomic mass is 19.4. The Balaban J connectivity index is 1.40. The average molecular weight is 421 g/mol. The van der Waals surface area contributed by atoms with Gasteiger partial charge in [0.15, 0.2) is 0 Å². The summed E-state index contributed by atoms with van der Waals surface area (Å²) in [4.78, 5) is 16.8. The third kappa shape index (κ3) is 5.66. The molecule has 1 fully saturated rings. The van der Waals surface area contributed by atoms with Gasteiger partial charge in [0.1, 0.15) is 5.75 Å². The van der Waals surface area contributed by atoms with Crippen LogP contribution < -0.4 is 15.0 Å². The molecular weight excluding hydrogens is 395 g/mol. The summed E-state index contributed by atoms with van der Waals surface area (Å²) in [5.41, 5.74) is -0.0821. The molecule has 5 nitrogen and oxygen atoms in total. The Morgan fingerprint density at radius 3 is 2.33 bits per heavy atom. The molecule has 8 heteroatoms. The molecule has 0 saturated carbocycles. The third-order valence-electron chi connectivity index (χ3n) is 5.22. The summed E-state index contributed by atoms with van der Waals surface area (Å²) < 4.78 is 44.3. The first-order chi connectivity index (χ1) is 14.4. The van der Waals surface area contributed by atoms with Gasteiger partial charge < -0.3 is 15.0 Å². The Bertz CT molecular complexity index is 832. The first-order valence-corrected chi connectivity index (χ1v) is 9.94. The quantitative estimate of drug-likeness (QED) is 0.694. The van der Waals surface area contributed by atoms with Crippen LogP contribution in [0.1, 0.15) is 22.3 Å². The second-order valence-corrected chi connectivity index (χ2v) is 7.18. The van der Waals surface area contributed by atoms with Crippen molar-refractivity contribution < 1.29 is 22.7 Å². The van der Waals surface area contributed by atoms with Crippen molar-refractivity contribution in [3.05, 3.63) is 59.7 Å². The zero-order valence-electron chi connectivity index (χ0n) is 16.9. The highest BCUT2D eigenvalue weighted by Gasteiger charge is 2.34. The van der Waals surface area contributed by atoms with Gasteiger partial charge in [-0.3, -0.25) is 9.69 Å². The molecule has 1 amide bonds. The number of amides is 1. The topological polar surface area (TPSA) is 44.8 Å². The SMILES string of the molecule is COc1ccc(N2CCN(CCCNC(=O)c3ccccc3C(F)(F)F)CC2)cc1. The van der Waals surface area contributed by atoms with E-state index in [9.17, 15) is 18.0 Å². The molecule has 1 N–H and O–H groups in total. The number of piperazine rings is 1. The van der Waals surface area contributed by atoms with Gasteiger partial charge in [0, 0.05) is 38.4 Å². The molecule has 0 radical (unpaired) electrons. The summed E-state index contributed by atoms with van der Waals surface area (Å²) in [6.45, 7) is 4.73. The van der Waals surface area contributed by atoms with Crippen molar-refractivity contribution in [3.63, 3.8) is 0 Å². The largest absolute Gasteiger partial charge is 0.497 e. The molecule has 0 aromatic heterocycles. The van der Waals surface area contributed by atoms with Crippen LogP contribution in [0.5, 0.6) is 5.75 Å². The Hall–Kier alpha value is -2.74. The zero-order valence-corrected chi connectivity index (χ0v) is 16.9. The lowest BCUT2D eigenvalue weighted by Crippen LogP contribution is -2.47. The van der Waals surface area contributed by atoms with Crippen LogP contribution in [0.2, 0.25) is 0 Å². The molecular formula is C22H26F3N3O2. The lowest BCUT2D eigenvalue weighted by Gasteiger charge is -2.36. The molecule has 162 valence electrons. The van der Waals surface area contributed by atoms with Gasteiger partial charge in [0.2, 0.25) is 0 Å². The van der Waals surface area contributed by atoms with Crippen molar-refractivity contribution in [2.24, 2.45) is 0 Å². The predicted octanol–water partition coefficient (Wildman–Crippen LogP) is 3.66. The molecule has 0 unspecified atom stereocenters. The number of halogens is 3. The van der Waals surface area contributed by atoms with Crippen LogP contribution >= 0.6 is 0 Å². The Labute approximate surface area is 174 Å². The van der Waals surface area contributed by atoms with Gasteiger partial charge in [0.05, 0.1) is 18.2 Å². The van der Waals surface area contributed by atoms with E-state index in [-0.39, 0.29) is 5.56 Å². The monoisotopic (exact) mass is 421 g/mol. The number of rotatable bonds is 7. The van der Waals surface area contributed by atoms with Crippen LogP contribution in [0, 0.1) is 0 Å². The van der Waals surface area contributed by atoms with E-state index in [2.05, 4.69) is 15.1 Å². The maximum absolute atomic E-state index is 13.0. The van der Waals surface area contributed by atoms with Crippen LogP contribution in [0.25, 0.3) is 0 Å². The van der Waals surface area contributed by atoms with E-state index in [0.29, 0.717) is 13.0 Å². The number of ether oxygens (including phenoxy) is 1. The van der Waals surface area contributed by atoms with Gasteiger partial charge in [-0.1, -0.05) is 12.1 Å². The van der Waals surface area contributed by atoms with Crippen molar-refractivity contribution in [2.75, 3.05) is 51.3 Å². The van der Waals surface area contributed by atoms with Crippen LogP contribution in [0.4, 0.5) is 18.9 Å². The number of carbonyl (C=O) groups is 1. The molecule has 1 aliphatic rings. The number of carbonyl (C=O) groups excluding carboxylic acids is 1. The fourth-order valence-corrected chi connectivity index (χ4v) is 3.55. The van der Waals surface area contributed by atoms with E-state index in [1.807, 2.05) is 24.3 Å². The summed E-state index contributed by atoms with van der Waals surface area (Å²) >= 11 is 0. The van der Waals surface area contributed by atoms with E-state index in [1.165, 1.54) is 18.2 Å². The van der Waals surface area contributed by atoms with Gasteiger partial charge in [-0.25, -0.2) is 0 Å². The minimum atomic E-state index is -4.54. The van der Waals surface area contributed by atoms with Gasteiger partial charge in [-0.2, -0.15) is 13.2 Å². The van der Waals surface area contributed by atoms with Gasteiger partial charge in [-0.05, 0) is 49.4 Å². The molecule has 3 rings (SSSR count). The third-order valence-corrected chi connectivity index (χ3v) is 5.22. The van der Waals surface area contributed by atoms with E-state index in [4.69, 9.17) is 4.74 Å². The number of hydrogen-bond acceptors (Lipinski definition) is 4. The molecule has 0 aliphatic carbocycles. The van der Waals surface area contributed by atoms with Crippen LogP contribution in [0.3, 0.4) is 0 Å². The fraction of sp³-hybridized carbons (Fsp3) is 0.409. The van der Waals surface area contributed by atoms with Crippen LogP contribution in [0.15, 0.2) is 48.5 Å². The number of alkyl halides is 3. The molecule has 30 heavy (non-hydrogen) atoms. The van der Waals surface area contributed by atoms with Crippen molar-refractivity contribution in [3.8, 4) is 5.75 Å². The van der Waals surface area contributed by atoms with Crippen molar-refractivity contribution in [1.29, 1.82) is 0 Å². The zero-order chi connectivity index (χ0) is 21.6. The summed E-state index contributed by atoms with van der Waals surface area (Å²) in [5, 5.41) is 2.61. The van der Waals surface area contributed by atoms with Gasteiger partial charge in [0.25, 0.3) is 5.91 Å². The molecule has 2 aromatic carbocycles. The van der Waals surface area contributed by atoms with Crippen LogP contribution in [-0.2, 0) is 6.18 Å². The first kappa shape index (κ1) is 22.0. The standard InChI is InChI=1S/C22H26F3N3O2/c1-30-18-9-7-17(8-10-18)28-15-13-27(14-16-28)12-4-11-26-21(29)19-5-2-3-6-20(19)22(23,24)25/h2-3,5-10H,4,11-16H2,1H3,(H,26,29). The maximum atomic E-state index is 13.0. The number of methoxy groups -OCH3 is 1. The van der Waals surface area contributed by atoms with E-state index in [0.717, 1.165) is 50.2 Å². The second-order valence-electron chi connectivity index (χ2n) is 7.18. The molecule has 0 bridgehead atoms. The number of nitrogens with one attached hydrogen (secondary N) is 1. The summed E-state index contributed by atoms with van der Waals surface area (Å²) in [6.07, 6.45) is -3.86. The molecule has 0 spiro atoms. The number of nitrogens with zero attached hydrogens (tertiary/aromatic N) is 2. The summed E-state index contributed by atoms with van der Waals surface area (Å²) in [5.74, 6) is 0.143. The smallest absolute Gasteiger partial charge is 0.417 e. The number of hydrogen-bond donors (Lipinski definition) is 1. The highest BCUT2D eigenvalue weighted by molar-refractivity contribution is 5.95. The maximum Gasteiger partial charge on any atom is 0.417 e. The Morgan fingerprint density at radius 1 is 1.03 bits per heavy atom. The average Bonchev–Trinajstić information content (AvgIpc) is 2.76. The Kier molecular flexibility index (Phi) is 7.20. The van der Waals surface area contributed by atoms with Crippen molar-refractivity contribution in [1.82, 2.24) is 10.2 Å². The predicted molar refractivity (Wildman–Crippen MR) is 110 cm³/mol. The lowest BCUT2D eigenvalue weighted by molar-refractivity contribution is -0.137. The van der Waals surface area contributed by atoms with Gasteiger partial charge in [-0.15, -0.1) is 0 Å². The molecule has 1 heterocycles. The first-order valence-electron chi connectivity index (χ1n) is 9.94. The minimum Gasteiger partial charge on any atom is -0.497 e. The summed E-state index contributed by atoms with van der Waals surface area (Å²) in [7, 11) is 1.64. The molecule has 2 aromatic rings. The van der Waals surface area contributed by atoms with E-state index in [1.54, 1.807) is 7.11 Å². The van der Waals surface area contributed by atoms with Crippen LogP contribution in [-0.4, -0.2) is 57.2 Å². The number of benzene rings is 2. The molecule has 0 atom stereocenters. The minimum absolute atomic E-state index is 0.335. The molecule has 1 aliphatic heterocycles. The normalized spacial score (nSPS) is 15.1. The van der Waals surface area contributed by atoms with E-state index < -0.39 is 17.6 Å². The van der Waals surface area contributed by atoms with Crippen molar-refractivity contribution >= 4 is 11.6 Å². The second kappa shape index (κ2) is 9.84. The lowest BCUT2D eigenvalue weighted by atomic mass is 10.1. The fourth-order valence-electron chi connectivity index (χ4n) is 3.55. The summed E-state index contributed by atoms with van der Waals surface area (Å²) in [6, 6.07) is 12.8. The number of anilines is 1. The molecule has 1 saturated heterocycles. The highest BCUT2D eigenvalue weighted by Crippen LogP contribution is 2.31. The van der Waals surface area contributed by atoms with Gasteiger partial charge >= 0.3 is 6.18 Å². The van der Waals surface area contributed by atoms with E-state index >= 15 is 0 Å². The van der Waals surface area contributed by atoms with Crippen molar-refractivity contribution in [2.45, 2.75) is 12.6 Å². The Morgan fingerprint density at radius 2 is 1.70 bits per heavy atom.